The Balaban J connectivity index is 1.41. The first kappa shape index (κ1) is 16.8. The third kappa shape index (κ3) is 3.79. The number of likely N-dealkylation sites (N-methyl/N-ethyl adjacent to an activating group) is 1. The fraction of sp³-hybridized carbons (Fsp3) is 0.263. The van der Waals surface area contributed by atoms with Crippen LogP contribution in [0, 0.1) is 0 Å². The summed E-state index contributed by atoms with van der Waals surface area (Å²) in [6.07, 6.45) is 0. The van der Waals surface area contributed by atoms with Crippen LogP contribution >= 0.6 is 11.3 Å². The normalized spacial score (nSPS) is 13.2. The third-order valence-corrected chi connectivity index (χ3v) is 4.94. The molecule has 7 heteroatoms. The maximum Gasteiger partial charge on any atom is 0.240 e. The Morgan fingerprint density at radius 2 is 1.92 bits per heavy atom. The largest absolute Gasteiger partial charge is 0.486 e. The maximum absolute atomic E-state index is 12.3. The molecule has 2 heterocycles. The Kier molecular flexibility index (Phi) is 4.73. The summed E-state index contributed by atoms with van der Waals surface area (Å²) in [5, 5.41) is 3.47. The van der Waals surface area contributed by atoms with Gasteiger partial charge in [0.05, 0.1) is 16.8 Å². The lowest BCUT2D eigenvalue weighted by Crippen LogP contribution is -2.29. The van der Waals surface area contributed by atoms with E-state index in [9.17, 15) is 4.79 Å². The van der Waals surface area contributed by atoms with Crippen LogP contribution in [0.3, 0.4) is 0 Å². The van der Waals surface area contributed by atoms with E-state index in [1.54, 1.807) is 0 Å². The van der Waals surface area contributed by atoms with Gasteiger partial charge < -0.3 is 14.8 Å². The Morgan fingerprint density at radius 1 is 1.19 bits per heavy atom. The second-order valence-electron chi connectivity index (χ2n) is 6.19. The lowest BCUT2D eigenvalue weighted by atomic mass is 10.2. The zero-order valence-corrected chi connectivity index (χ0v) is 15.2. The van der Waals surface area contributed by atoms with Crippen LogP contribution in [0.5, 0.6) is 11.5 Å². The number of benzene rings is 2. The molecule has 3 aromatic rings. The SMILES string of the molecule is CN(CC(=O)Nc1nc2cc3c(cc2s1)OCCO3)Cc1ccccc1. The van der Waals surface area contributed by atoms with Crippen LogP contribution in [-0.2, 0) is 11.3 Å². The number of carbonyl (C=O) groups is 1. The van der Waals surface area contributed by atoms with Crippen molar-refractivity contribution in [1.82, 2.24) is 9.88 Å². The summed E-state index contributed by atoms with van der Waals surface area (Å²) in [7, 11) is 1.92. The van der Waals surface area contributed by atoms with Gasteiger partial charge in [-0.1, -0.05) is 41.7 Å². The molecule has 0 unspecified atom stereocenters. The molecular weight excluding hydrogens is 350 g/mol. The Bertz CT molecular complexity index is 883. The van der Waals surface area contributed by atoms with E-state index < -0.39 is 0 Å². The second-order valence-corrected chi connectivity index (χ2v) is 7.22. The van der Waals surface area contributed by atoms with Crippen LogP contribution in [0.4, 0.5) is 5.13 Å². The van der Waals surface area contributed by atoms with Crippen LogP contribution in [0.2, 0.25) is 0 Å². The first-order valence-corrected chi connectivity index (χ1v) is 9.21. The topological polar surface area (TPSA) is 63.7 Å². The number of nitrogens with one attached hydrogen (secondary N) is 1. The first-order chi connectivity index (χ1) is 12.7. The highest BCUT2D eigenvalue weighted by Crippen LogP contribution is 2.37. The predicted molar refractivity (Wildman–Crippen MR) is 102 cm³/mol. The summed E-state index contributed by atoms with van der Waals surface area (Å²) in [6, 6.07) is 13.9. The van der Waals surface area contributed by atoms with Gasteiger partial charge in [-0.05, 0) is 12.6 Å². The first-order valence-electron chi connectivity index (χ1n) is 8.40. The number of thiazole rings is 1. The van der Waals surface area contributed by atoms with E-state index in [2.05, 4.69) is 10.3 Å². The number of carbonyl (C=O) groups excluding carboxylic acids is 1. The molecule has 1 aliphatic rings. The highest BCUT2D eigenvalue weighted by atomic mass is 32.1. The van der Waals surface area contributed by atoms with Crippen LogP contribution in [0.15, 0.2) is 42.5 Å². The summed E-state index contributed by atoms with van der Waals surface area (Å²) < 4.78 is 12.1. The van der Waals surface area contributed by atoms with Crippen molar-refractivity contribution in [2.45, 2.75) is 6.54 Å². The highest BCUT2D eigenvalue weighted by molar-refractivity contribution is 7.22. The predicted octanol–water partition coefficient (Wildman–Crippen LogP) is 3.14. The van der Waals surface area contributed by atoms with Gasteiger partial charge in [0.1, 0.15) is 13.2 Å². The average Bonchev–Trinajstić information content (AvgIpc) is 3.00. The zero-order chi connectivity index (χ0) is 17.9. The van der Waals surface area contributed by atoms with E-state index in [1.165, 1.54) is 16.9 Å². The average molecular weight is 369 g/mol. The lowest BCUT2D eigenvalue weighted by Gasteiger charge is -2.17. The molecule has 26 heavy (non-hydrogen) atoms. The van der Waals surface area contributed by atoms with Crippen molar-refractivity contribution in [3.8, 4) is 11.5 Å². The number of amides is 1. The molecule has 0 atom stereocenters. The smallest absolute Gasteiger partial charge is 0.240 e. The van der Waals surface area contributed by atoms with Crippen molar-refractivity contribution in [3.63, 3.8) is 0 Å². The molecule has 4 rings (SSSR count). The molecule has 1 aliphatic heterocycles. The standard InChI is InChI=1S/C19H19N3O3S/c1-22(11-13-5-3-2-4-6-13)12-18(23)21-19-20-14-9-15-16(10-17(14)26-19)25-8-7-24-15/h2-6,9-10H,7-8,11-12H2,1H3,(H,20,21,23). The van der Waals surface area contributed by atoms with Gasteiger partial charge in [0, 0.05) is 18.7 Å². The van der Waals surface area contributed by atoms with Crippen molar-refractivity contribution in [3.05, 3.63) is 48.0 Å². The number of fused-ring (bicyclic) bond motifs is 2. The number of anilines is 1. The molecule has 0 radical (unpaired) electrons. The third-order valence-electron chi connectivity index (χ3n) is 4.01. The van der Waals surface area contributed by atoms with Gasteiger partial charge >= 0.3 is 0 Å². The van der Waals surface area contributed by atoms with E-state index in [0.29, 0.717) is 30.6 Å². The van der Waals surface area contributed by atoms with Gasteiger partial charge in [-0.15, -0.1) is 0 Å². The van der Waals surface area contributed by atoms with E-state index in [4.69, 9.17) is 9.47 Å². The molecule has 6 nitrogen and oxygen atoms in total. The van der Waals surface area contributed by atoms with Crippen molar-refractivity contribution in [2.75, 3.05) is 32.1 Å². The van der Waals surface area contributed by atoms with Crippen LogP contribution in [0.25, 0.3) is 10.2 Å². The van der Waals surface area contributed by atoms with Gasteiger partial charge in [0.2, 0.25) is 5.91 Å². The lowest BCUT2D eigenvalue weighted by molar-refractivity contribution is -0.117. The zero-order valence-electron chi connectivity index (χ0n) is 14.4. The summed E-state index contributed by atoms with van der Waals surface area (Å²) >= 11 is 1.43. The van der Waals surface area contributed by atoms with Crippen molar-refractivity contribution >= 4 is 32.6 Å². The molecule has 2 aromatic carbocycles. The van der Waals surface area contributed by atoms with E-state index in [1.807, 2.05) is 54.4 Å². The summed E-state index contributed by atoms with van der Waals surface area (Å²) in [6.45, 7) is 2.11. The molecule has 1 N–H and O–H groups in total. The number of hydrogen-bond acceptors (Lipinski definition) is 6. The summed E-state index contributed by atoms with van der Waals surface area (Å²) in [5.74, 6) is 1.35. The highest BCUT2D eigenvalue weighted by Gasteiger charge is 2.16. The Labute approximate surface area is 155 Å². The maximum atomic E-state index is 12.3. The number of nitrogens with zero attached hydrogens (tertiary/aromatic N) is 2. The van der Waals surface area contributed by atoms with Crippen molar-refractivity contribution in [1.29, 1.82) is 0 Å². The van der Waals surface area contributed by atoms with Crippen molar-refractivity contribution < 1.29 is 14.3 Å². The number of ether oxygens (including phenoxy) is 2. The minimum absolute atomic E-state index is 0.0836. The molecule has 134 valence electrons. The number of aromatic nitrogens is 1. The minimum atomic E-state index is -0.0836. The van der Waals surface area contributed by atoms with Crippen LogP contribution in [-0.4, -0.2) is 42.6 Å². The quantitative estimate of drug-likeness (QED) is 0.749. The van der Waals surface area contributed by atoms with E-state index in [-0.39, 0.29) is 5.91 Å². The molecule has 1 amide bonds. The fourth-order valence-corrected chi connectivity index (χ4v) is 3.77. The Hall–Kier alpha value is -2.64. The second kappa shape index (κ2) is 7.31. The number of rotatable bonds is 5. The van der Waals surface area contributed by atoms with Crippen molar-refractivity contribution in [2.24, 2.45) is 0 Å². The molecule has 0 spiro atoms. The van der Waals surface area contributed by atoms with Gasteiger partial charge in [-0.3, -0.25) is 9.69 Å². The Morgan fingerprint density at radius 3 is 2.69 bits per heavy atom. The fourth-order valence-electron chi connectivity index (χ4n) is 2.87. The van der Waals surface area contributed by atoms with Gasteiger partial charge in [0.15, 0.2) is 16.6 Å². The van der Waals surface area contributed by atoms with Crippen LogP contribution in [0.1, 0.15) is 5.56 Å². The molecule has 0 aliphatic carbocycles. The van der Waals surface area contributed by atoms with Gasteiger partial charge in [0.25, 0.3) is 0 Å². The van der Waals surface area contributed by atoms with E-state index >= 15 is 0 Å². The molecule has 0 saturated carbocycles. The van der Waals surface area contributed by atoms with E-state index in [0.717, 1.165) is 22.5 Å². The molecule has 0 saturated heterocycles. The number of hydrogen-bond donors (Lipinski definition) is 1. The minimum Gasteiger partial charge on any atom is -0.486 e. The van der Waals surface area contributed by atoms with Crippen LogP contribution < -0.4 is 14.8 Å². The summed E-state index contributed by atoms with van der Waals surface area (Å²) in [4.78, 5) is 18.8. The molecular formula is C19H19N3O3S. The molecule has 0 fully saturated rings. The molecule has 0 bridgehead atoms. The van der Waals surface area contributed by atoms with Gasteiger partial charge in [-0.2, -0.15) is 0 Å². The van der Waals surface area contributed by atoms with Gasteiger partial charge in [-0.25, -0.2) is 4.98 Å². The summed E-state index contributed by atoms with van der Waals surface area (Å²) in [5.41, 5.74) is 1.97. The monoisotopic (exact) mass is 369 g/mol. The molecule has 1 aromatic heterocycles.